The van der Waals surface area contributed by atoms with E-state index < -0.39 is 0 Å². The Bertz CT molecular complexity index is 78.8. The number of methoxy groups -OCH3 is 1. The smallest absolute Gasteiger partial charge is 0.0755 e. The zero-order valence-corrected chi connectivity index (χ0v) is 6.97. The lowest BCUT2D eigenvalue weighted by atomic mass is 10.1. The zero-order chi connectivity index (χ0) is 7.82. The summed E-state index contributed by atoms with van der Waals surface area (Å²) in [6, 6.07) is 0. The minimum Gasteiger partial charge on any atom is -0.377 e. The van der Waals surface area contributed by atoms with E-state index >= 15 is 0 Å². The van der Waals surface area contributed by atoms with Crippen LogP contribution in [0.4, 0.5) is 0 Å². The number of hydrogen-bond acceptors (Lipinski definition) is 1. The molecule has 10 heavy (non-hydrogen) atoms. The van der Waals surface area contributed by atoms with Crippen molar-refractivity contribution in [1.29, 1.82) is 0 Å². The van der Waals surface area contributed by atoms with Crippen LogP contribution in [0.15, 0.2) is 6.08 Å². The molecule has 0 rings (SSSR count). The van der Waals surface area contributed by atoms with E-state index in [1.54, 1.807) is 13.2 Å². The van der Waals surface area contributed by atoms with Crippen LogP contribution in [0.1, 0.15) is 32.6 Å². The topological polar surface area (TPSA) is 9.23 Å². The van der Waals surface area contributed by atoms with Crippen molar-refractivity contribution < 1.29 is 4.74 Å². The molecule has 1 unspecified atom stereocenters. The molecule has 1 atom stereocenters. The SMILES string of the molecule is [CH]=CC(CCCCC)OC. The van der Waals surface area contributed by atoms with Crippen molar-refractivity contribution in [3.8, 4) is 0 Å². The molecule has 1 radical (unpaired) electrons. The van der Waals surface area contributed by atoms with Gasteiger partial charge in [-0.15, -0.1) is 0 Å². The van der Waals surface area contributed by atoms with Gasteiger partial charge in [-0.3, -0.25) is 0 Å². The third-order valence-electron chi connectivity index (χ3n) is 1.61. The second kappa shape index (κ2) is 6.81. The van der Waals surface area contributed by atoms with Crippen LogP contribution in [0.5, 0.6) is 0 Å². The summed E-state index contributed by atoms with van der Waals surface area (Å²) >= 11 is 0. The van der Waals surface area contributed by atoms with Gasteiger partial charge in [0.25, 0.3) is 0 Å². The summed E-state index contributed by atoms with van der Waals surface area (Å²) in [6.45, 7) is 7.50. The summed E-state index contributed by atoms with van der Waals surface area (Å²) in [5.74, 6) is 0. The minimum atomic E-state index is 0.159. The molecule has 0 aromatic carbocycles. The predicted octanol–water partition coefficient (Wildman–Crippen LogP) is 2.57. The van der Waals surface area contributed by atoms with Gasteiger partial charge in [0, 0.05) is 7.11 Å². The number of rotatable bonds is 6. The summed E-state index contributed by atoms with van der Waals surface area (Å²) < 4.78 is 5.07. The van der Waals surface area contributed by atoms with Crippen LogP contribution in [0, 0.1) is 6.58 Å². The lowest BCUT2D eigenvalue weighted by Crippen LogP contribution is -2.05. The maximum absolute atomic E-state index is 5.32. The highest BCUT2D eigenvalue weighted by Gasteiger charge is 1.99. The Hall–Kier alpha value is -0.300. The molecular weight excluding hydrogens is 124 g/mol. The molecule has 0 spiro atoms. The van der Waals surface area contributed by atoms with Crippen LogP contribution in [-0.2, 0) is 4.74 Å². The normalized spacial score (nSPS) is 13.0. The molecule has 0 heterocycles. The van der Waals surface area contributed by atoms with E-state index in [1.807, 2.05) is 0 Å². The lowest BCUT2D eigenvalue weighted by Gasteiger charge is -2.08. The monoisotopic (exact) mass is 141 g/mol. The van der Waals surface area contributed by atoms with Crippen molar-refractivity contribution in [2.24, 2.45) is 0 Å². The lowest BCUT2D eigenvalue weighted by molar-refractivity contribution is 0.131. The highest BCUT2D eigenvalue weighted by Crippen LogP contribution is 2.05. The van der Waals surface area contributed by atoms with E-state index in [4.69, 9.17) is 11.3 Å². The van der Waals surface area contributed by atoms with Gasteiger partial charge in [0.15, 0.2) is 0 Å². The van der Waals surface area contributed by atoms with Crippen molar-refractivity contribution in [2.75, 3.05) is 7.11 Å². The van der Waals surface area contributed by atoms with Gasteiger partial charge in [0.2, 0.25) is 0 Å². The molecule has 0 N–H and O–H groups in total. The molecule has 1 nitrogen and oxygen atoms in total. The Morgan fingerprint density at radius 1 is 1.50 bits per heavy atom. The first-order valence-corrected chi connectivity index (χ1v) is 3.93. The fraction of sp³-hybridized carbons (Fsp3) is 0.778. The van der Waals surface area contributed by atoms with E-state index in [1.165, 1.54) is 19.3 Å². The highest BCUT2D eigenvalue weighted by molar-refractivity contribution is 4.76. The second-order valence-electron chi connectivity index (χ2n) is 2.46. The summed E-state index contributed by atoms with van der Waals surface area (Å²) in [5, 5.41) is 0. The zero-order valence-electron chi connectivity index (χ0n) is 6.97. The van der Waals surface area contributed by atoms with E-state index in [-0.39, 0.29) is 6.10 Å². The predicted molar refractivity (Wildman–Crippen MR) is 43.8 cm³/mol. The maximum Gasteiger partial charge on any atom is 0.0755 e. The van der Waals surface area contributed by atoms with Crippen molar-refractivity contribution in [2.45, 2.75) is 38.7 Å². The minimum absolute atomic E-state index is 0.159. The molecule has 0 bridgehead atoms. The van der Waals surface area contributed by atoms with E-state index in [2.05, 4.69) is 6.92 Å². The summed E-state index contributed by atoms with van der Waals surface area (Å²) in [5.41, 5.74) is 0. The first-order valence-electron chi connectivity index (χ1n) is 3.93. The third kappa shape index (κ3) is 4.57. The van der Waals surface area contributed by atoms with Crippen LogP contribution in [-0.4, -0.2) is 13.2 Å². The average molecular weight is 141 g/mol. The van der Waals surface area contributed by atoms with Gasteiger partial charge in [0.1, 0.15) is 0 Å². The Kier molecular flexibility index (Phi) is 6.61. The van der Waals surface area contributed by atoms with Crippen molar-refractivity contribution >= 4 is 0 Å². The molecule has 0 aliphatic heterocycles. The molecule has 0 fully saturated rings. The van der Waals surface area contributed by atoms with Gasteiger partial charge in [0.05, 0.1) is 6.10 Å². The summed E-state index contributed by atoms with van der Waals surface area (Å²) in [4.78, 5) is 0. The van der Waals surface area contributed by atoms with Crippen molar-refractivity contribution in [1.82, 2.24) is 0 Å². The largest absolute Gasteiger partial charge is 0.377 e. The van der Waals surface area contributed by atoms with Gasteiger partial charge in [-0.2, -0.15) is 0 Å². The molecule has 0 saturated carbocycles. The highest BCUT2D eigenvalue weighted by atomic mass is 16.5. The van der Waals surface area contributed by atoms with Crippen molar-refractivity contribution in [3.63, 3.8) is 0 Å². The Morgan fingerprint density at radius 3 is 2.60 bits per heavy atom. The molecule has 0 amide bonds. The number of ether oxygens (including phenoxy) is 1. The number of hydrogen-bond donors (Lipinski definition) is 0. The van der Waals surface area contributed by atoms with Gasteiger partial charge in [-0.1, -0.05) is 38.8 Å². The van der Waals surface area contributed by atoms with Gasteiger partial charge < -0.3 is 4.74 Å². The van der Waals surface area contributed by atoms with E-state index in [9.17, 15) is 0 Å². The molecule has 0 aromatic heterocycles. The third-order valence-corrected chi connectivity index (χ3v) is 1.61. The van der Waals surface area contributed by atoms with Crippen LogP contribution in [0.2, 0.25) is 0 Å². The van der Waals surface area contributed by atoms with Crippen LogP contribution >= 0.6 is 0 Å². The second-order valence-corrected chi connectivity index (χ2v) is 2.46. The van der Waals surface area contributed by atoms with E-state index in [0.717, 1.165) is 6.42 Å². The Morgan fingerprint density at radius 2 is 2.20 bits per heavy atom. The summed E-state index contributed by atoms with van der Waals surface area (Å²) in [7, 11) is 1.69. The fourth-order valence-electron chi connectivity index (χ4n) is 0.888. The Labute approximate surface area is 64.1 Å². The molecule has 0 saturated heterocycles. The first kappa shape index (κ1) is 9.70. The van der Waals surface area contributed by atoms with Crippen LogP contribution in [0.25, 0.3) is 0 Å². The molecular formula is C9H17O. The fourth-order valence-corrected chi connectivity index (χ4v) is 0.888. The van der Waals surface area contributed by atoms with E-state index in [0.29, 0.717) is 0 Å². The molecule has 0 aliphatic rings. The quantitative estimate of drug-likeness (QED) is 0.516. The maximum atomic E-state index is 5.32. The Balaban J connectivity index is 3.17. The first-order chi connectivity index (χ1) is 4.85. The van der Waals surface area contributed by atoms with Crippen LogP contribution in [0.3, 0.4) is 0 Å². The molecule has 59 valence electrons. The molecule has 1 heteroatoms. The van der Waals surface area contributed by atoms with Crippen molar-refractivity contribution in [3.05, 3.63) is 12.7 Å². The van der Waals surface area contributed by atoms with Gasteiger partial charge in [-0.05, 0) is 6.42 Å². The van der Waals surface area contributed by atoms with Gasteiger partial charge >= 0.3 is 0 Å². The number of unbranched alkanes of at least 4 members (excludes halogenated alkanes) is 2. The molecule has 0 aromatic rings. The summed E-state index contributed by atoms with van der Waals surface area (Å²) in [6.07, 6.45) is 6.57. The van der Waals surface area contributed by atoms with Gasteiger partial charge in [-0.25, -0.2) is 0 Å². The standard InChI is InChI=1S/C9H17O/c1-4-6-7-8-9(5-2)10-3/h2,5,9H,4,6-8H2,1,3H3. The van der Waals surface area contributed by atoms with Crippen LogP contribution < -0.4 is 0 Å². The average Bonchev–Trinajstić information content (AvgIpc) is 1.99. The molecule has 0 aliphatic carbocycles.